The number of benzene rings is 3. The van der Waals surface area contributed by atoms with Gasteiger partial charge in [-0.15, -0.1) is 0 Å². The van der Waals surface area contributed by atoms with Gasteiger partial charge in [0.1, 0.15) is 0 Å². The number of carbonyl (C=O) groups excluding carboxylic acids is 1. The first-order valence-corrected chi connectivity index (χ1v) is 7.94. The molecule has 4 nitrogen and oxygen atoms in total. The van der Waals surface area contributed by atoms with Crippen LogP contribution in [0.5, 0.6) is 0 Å². The Labute approximate surface area is 146 Å². The van der Waals surface area contributed by atoms with Gasteiger partial charge in [-0.25, -0.2) is 4.79 Å². The first-order chi connectivity index (χ1) is 12.3. The third-order valence-electron chi connectivity index (χ3n) is 3.81. The summed E-state index contributed by atoms with van der Waals surface area (Å²) in [5.74, 6) is 0. The van der Waals surface area contributed by atoms with Crippen molar-refractivity contribution in [3.05, 3.63) is 102 Å². The van der Waals surface area contributed by atoms with Gasteiger partial charge in [-0.05, 0) is 35.4 Å². The molecule has 0 aromatic heterocycles. The average Bonchev–Trinajstić information content (AvgIpc) is 2.68. The predicted octanol–water partition coefficient (Wildman–Crippen LogP) is 4.47. The molecule has 0 radical (unpaired) electrons. The fraction of sp³-hybridized carbons (Fsp3) is 0.0476. The van der Waals surface area contributed by atoms with E-state index in [1.54, 1.807) is 24.3 Å². The molecule has 0 aliphatic heterocycles. The van der Waals surface area contributed by atoms with Crippen molar-refractivity contribution < 1.29 is 4.79 Å². The van der Waals surface area contributed by atoms with Crippen LogP contribution in [0.4, 0.5) is 10.5 Å². The monoisotopic (exact) mass is 327 g/mol. The quantitative estimate of drug-likeness (QED) is 0.742. The highest BCUT2D eigenvalue weighted by Gasteiger charge is 2.16. The summed E-state index contributed by atoms with van der Waals surface area (Å²) in [5.41, 5.74) is 3.20. The van der Waals surface area contributed by atoms with Gasteiger partial charge in [0.2, 0.25) is 0 Å². The van der Waals surface area contributed by atoms with E-state index >= 15 is 0 Å². The lowest BCUT2D eigenvalue weighted by atomic mass is 9.99. The molecule has 0 spiro atoms. The van der Waals surface area contributed by atoms with Crippen LogP contribution in [0.25, 0.3) is 0 Å². The van der Waals surface area contributed by atoms with E-state index in [9.17, 15) is 4.79 Å². The minimum atomic E-state index is -0.303. The Hall–Kier alpha value is -3.58. The molecule has 0 aliphatic rings. The number of hydrogen-bond acceptors (Lipinski definition) is 2. The van der Waals surface area contributed by atoms with Crippen LogP contribution in [0.3, 0.4) is 0 Å². The van der Waals surface area contributed by atoms with E-state index in [1.807, 2.05) is 60.7 Å². The van der Waals surface area contributed by atoms with E-state index in [1.165, 1.54) is 0 Å². The third kappa shape index (κ3) is 4.24. The minimum Gasteiger partial charge on any atom is -0.327 e. The summed E-state index contributed by atoms with van der Waals surface area (Å²) in [7, 11) is 0. The smallest absolute Gasteiger partial charge is 0.319 e. The van der Waals surface area contributed by atoms with Crippen LogP contribution in [0.15, 0.2) is 84.9 Å². The van der Waals surface area contributed by atoms with E-state index in [2.05, 4.69) is 16.7 Å². The van der Waals surface area contributed by atoms with Crippen molar-refractivity contribution in [1.29, 1.82) is 5.26 Å². The SMILES string of the molecule is N#Cc1ccc(NC(=O)NC(c2ccccc2)c2ccccc2)cc1. The Morgan fingerprint density at radius 2 is 1.32 bits per heavy atom. The standard InChI is InChI=1S/C21H17N3O/c22-15-16-11-13-19(14-12-16)23-21(25)24-20(17-7-3-1-4-8-17)18-9-5-2-6-10-18/h1-14,20H,(H2,23,24,25). The molecule has 25 heavy (non-hydrogen) atoms. The number of hydrogen-bond donors (Lipinski definition) is 2. The van der Waals surface area contributed by atoms with Crippen LogP contribution < -0.4 is 10.6 Å². The average molecular weight is 327 g/mol. The van der Waals surface area contributed by atoms with Crippen molar-refractivity contribution in [2.75, 3.05) is 5.32 Å². The van der Waals surface area contributed by atoms with Gasteiger partial charge in [-0.2, -0.15) is 5.26 Å². The summed E-state index contributed by atoms with van der Waals surface area (Å²) < 4.78 is 0. The highest BCUT2D eigenvalue weighted by Crippen LogP contribution is 2.22. The number of nitrogens with zero attached hydrogens (tertiary/aromatic N) is 1. The summed E-state index contributed by atoms with van der Waals surface area (Å²) in [5, 5.41) is 14.6. The molecule has 0 bridgehead atoms. The lowest BCUT2D eigenvalue weighted by Crippen LogP contribution is -2.33. The lowest BCUT2D eigenvalue weighted by molar-refractivity contribution is 0.250. The Morgan fingerprint density at radius 3 is 1.80 bits per heavy atom. The molecule has 4 heteroatoms. The van der Waals surface area contributed by atoms with Gasteiger partial charge in [0.15, 0.2) is 0 Å². The van der Waals surface area contributed by atoms with Crippen molar-refractivity contribution >= 4 is 11.7 Å². The summed E-state index contributed by atoms with van der Waals surface area (Å²) in [4.78, 5) is 12.4. The minimum absolute atomic E-state index is 0.249. The van der Waals surface area contributed by atoms with E-state index in [0.717, 1.165) is 11.1 Å². The third-order valence-corrected chi connectivity index (χ3v) is 3.81. The molecule has 3 aromatic carbocycles. The topological polar surface area (TPSA) is 64.9 Å². The van der Waals surface area contributed by atoms with Crippen LogP contribution in [0.2, 0.25) is 0 Å². The first-order valence-electron chi connectivity index (χ1n) is 7.94. The molecule has 0 aliphatic carbocycles. The number of anilines is 1. The second-order valence-corrected chi connectivity index (χ2v) is 5.54. The molecule has 0 saturated heterocycles. The van der Waals surface area contributed by atoms with Gasteiger partial charge >= 0.3 is 6.03 Å². The van der Waals surface area contributed by atoms with Crippen molar-refractivity contribution in [2.24, 2.45) is 0 Å². The Kier molecular flexibility index (Phi) is 5.08. The zero-order valence-electron chi connectivity index (χ0n) is 13.5. The highest BCUT2D eigenvalue weighted by molar-refractivity contribution is 5.89. The fourth-order valence-electron chi connectivity index (χ4n) is 2.58. The largest absolute Gasteiger partial charge is 0.327 e. The molecule has 0 heterocycles. The van der Waals surface area contributed by atoms with Crippen molar-refractivity contribution in [3.63, 3.8) is 0 Å². The fourth-order valence-corrected chi connectivity index (χ4v) is 2.58. The second kappa shape index (κ2) is 7.80. The van der Waals surface area contributed by atoms with E-state index in [-0.39, 0.29) is 12.1 Å². The zero-order chi connectivity index (χ0) is 17.5. The number of carbonyl (C=O) groups is 1. The maximum atomic E-state index is 12.4. The molecule has 0 atom stereocenters. The number of urea groups is 1. The van der Waals surface area contributed by atoms with Gasteiger partial charge in [-0.3, -0.25) is 0 Å². The zero-order valence-corrected chi connectivity index (χ0v) is 13.5. The number of amides is 2. The van der Waals surface area contributed by atoms with Gasteiger partial charge in [0.25, 0.3) is 0 Å². The van der Waals surface area contributed by atoms with Gasteiger partial charge in [-0.1, -0.05) is 60.7 Å². The van der Waals surface area contributed by atoms with Crippen molar-refractivity contribution in [1.82, 2.24) is 5.32 Å². The maximum absolute atomic E-state index is 12.4. The molecule has 0 unspecified atom stereocenters. The van der Waals surface area contributed by atoms with E-state index in [0.29, 0.717) is 11.3 Å². The van der Waals surface area contributed by atoms with Crippen LogP contribution in [-0.2, 0) is 0 Å². The van der Waals surface area contributed by atoms with Gasteiger partial charge < -0.3 is 10.6 Å². The molecule has 122 valence electrons. The normalized spacial score (nSPS) is 10.1. The summed E-state index contributed by atoms with van der Waals surface area (Å²) >= 11 is 0. The molecule has 0 fully saturated rings. The van der Waals surface area contributed by atoms with E-state index < -0.39 is 0 Å². The molecule has 3 rings (SSSR count). The summed E-state index contributed by atoms with van der Waals surface area (Å²) in [6, 6.07) is 27.9. The molecular weight excluding hydrogens is 310 g/mol. The van der Waals surface area contributed by atoms with E-state index in [4.69, 9.17) is 5.26 Å². The first kappa shape index (κ1) is 16.3. The number of rotatable bonds is 4. The summed E-state index contributed by atoms with van der Waals surface area (Å²) in [6.45, 7) is 0. The van der Waals surface area contributed by atoms with Gasteiger partial charge in [0.05, 0.1) is 17.7 Å². The molecule has 2 amide bonds. The molecule has 2 N–H and O–H groups in total. The molecular formula is C21H17N3O. The Bertz CT molecular complexity index is 829. The van der Waals surface area contributed by atoms with Crippen LogP contribution >= 0.6 is 0 Å². The Morgan fingerprint density at radius 1 is 0.800 bits per heavy atom. The van der Waals surface area contributed by atoms with Crippen LogP contribution in [0, 0.1) is 11.3 Å². The predicted molar refractivity (Wildman–Crippen MR) is 98.0 cm³/mol. The number of nitrogens with one attached hydrogen (secondary N) is 2. The Balaban J connectivity index is 1.78. The van der Waals surface area contributed by atoms with Crippen LogP contribution in [0.1, 0.15) is 22.7 Å². The van der Waals surface area contributed by atoms with Crippen molar-refractivity contribution in [2.45, 2.75) is 6.04 Å². The lowest BCUT2D eigenvalue weighted by Gasteiger charge is -2.20. The molecule has 0 saturated carbocycles. The van der Waals surface area contributed by atoms with Crippen molar-refractivity contribution in [3.8, 4) is 6.07 Å². The maximum Gasteiger partial charge on any atom is 0.319 e. The summed E-state index contributed by atoms with van der Waals surface area (Å²) in [6.07, 6.45) is 0. The number of nitriles is 1. The van der Waals surface area contributed by atoms with Crippen LogP contribution in [-0.4, -0.2) is 6.03 Å². The molecule has 3 aromatic rings. The second-order valence-electron chi connectivity index (χ2n) is 5.54. The van der Waals surface area contributed by atoms with Gasteiger partial charge in [0, 0.05) is 5.69 Å². The highest BCUT2D eigenvalue weighted by atomic mass is 16.2.